The largest absolute Gasteiger partial charge is 0.125 e. The maximum absolute atomic E-state index is 3.75. The summed E-state index contributed by atoms with van der Waals surface area (Å²) in [5.74, 6) is 1.23. The van der Waals surface area contributed by atoms with Crippen LogP contribution in [0.15, 0.2) is 29.2 Å². The first-order valence-electron chi connectivity index (χ1n) is 6.92. The Labute approximate surface area is 125 Å². The first-order valence-corrected chi connectivity index (χ1v) is 9.02. The number of alkyl halides is 1. The molecular weight excluding hydrogens is 304 g/mol. The monoisotopic (exact) mass is 328 g/mol. The van der Waals surface area contributed by atoms with Crippen LogP contribution in [0.3, 0.4) is 0 Å². The van der Waals surface area contributed by atoms with Gasteiger partial charge in [0.2, 0.25) is 0 Å². The van der Waals surface area contributed by atoms with Crippen molar-refractivity contribution in [1.29, 1.82) is 0 Å². The Kier molecular flexibility index (Phi) is 7.40. The number of hydrogen-bond acceptors (Lipinski definition) is 1. The first kappa shape index (κ1) is 16.1. The van der Waals surface area contributed by atoms with Crippen LogP contribution >= 0.6 is 27.7 Å². The third-order valence-electron chi connectivity index (χ3n) is 3.47. The van der Waals surface area contributed by atoms with Gasteiger partial charge >= 0.3 is 0 Å². The summed E-state index contributed by atoms with van der Waals surface area (Å²) in [4.78, 5) is 1.44. The molecule has 0 aliphatic carbocycles. The van der Waals surface area contributed by atoms with Gasteiger partial charge in [-0.05, 0) is 36.8 Å². The number of halogens is 1. The molecule has 0 amide bonds. The Morgan fingerprint density at radius 3 is 2.22 bits per heavy atom. The van der Waals surface area contributed by atoms with Gasteiger partial charge < -0.3 is 0 Å². The lowest BCUT2D eigenvalue weighted by atomic mass is 9.83. The minimum Gasteiger partial charge on any atom is -0.125 e. The van der Waals surface area contributed by atoms with Gasteiger partial charge in [-0.2, -0.15) is 0 Å². The van der Waals surface area contributed by atoms with Crippen molar-refractivity contribution in [3.05, 3.63) is 29.8 Å². The van der Waals surface area contributed by atoms with E-state index in [4.69, 9.17) is 0 Å². The molecule has 0 saturated heterocycles. The first-order chi connectivity index (χ1) is 8.67. The quantitative estimate of drug-likeness (QED) is 0.412. The second-order valence-corrected chi connectivity index (χ2v) is 6.77. The van der Waals surface area contributed by atoms with Crippen LogP contribution in [0.1, 0.15) is 45.1 Å². The van der Waals surface area contributed by atoms with Gasteiger partial charge in [0.15, 0.2) is 0 Å². The zero-order valence-corrected chi connectivity index (χ0v) is 14.2. The van der Waals surface area contributed by atoms with E-state index in [-0.39, 0.29) is 0 Å². The zero-order chi connectivity index (χ0) is 13.4. The predicted molar refractivity (Wildman–Crippen MR) is 87.9 cm³/mol. The fourth-order valence-corrected chi connectivity index (χ4v) is 4.80. The molecule has 1 aromatic rings. The van der Waals surface area contributed by atoms with E-state index in [0.717, 1.165) is 5.33 Å². The van der Waals surface area contributed by atoms with Crippen molar-refractivity contribution >= 4 is 27.7 Å². The molecule has 0 unspecified atom stereocenters. The summed E-state index contributed by atoms with van der Waals surface area (Å²) < 4.78 is 0. The second-order valence-electron chi connectivity index (χ2n) is 5.19. The molecule has 0 aliphatic rings. The van der Waals surface area contributed by atoms with Crippen LogP contribution in [-0.2, 0) is 0 Å². The van der Waals surface area contributed by atoms with Crippen molar-refractivity contribution in [2.75, 3.05) is 11.1 Å². The summed E-state index contributed by atoms with van der Waals surface area (Å²) in [6.07, 6.45) is 5.20. The van der Waals surface area contributed by atoms with Gasteiger partial charge in [0.25, 0.3) is 0 Å². The molecule has 1 rings (SSSR count). The summed E-state index contributed by atoms with van der Waals surface area (Å²) in [6.45, 7) is 6.80. The van der Waals surface area contributed by atoms with E-state index in [1.165, 1.54) is 41.9 Å². The second kappa shape index (κ2) is 8.27. The zero-order valence-electron chi connectivity index (χ0n) is 11.8. The minimum atomic E-state index is 0.469. The average molecular weight is 329 g/mol. The summed E-state index contributed by atoms with van der Waals surface area (Å²) in [6, 6.07) is 8.72. The standard InChI is InChI=1S/C16H25BrS/c1-4-10-16(12-17,11-5-2)13-18-15-9-7-6-8-14(15)3/h6-9H,4-5,10-13H2,1-3H3. The predicted octanol–water partition coefficient (Wildman–Crippen LogP) is 6.07. The number of thioether (sulfide) groups is 1. The third-order valence-corrected chi connectivity index (χ3v) is 6.19. The molecule has 0 nitrogen and oxygen atoms in total. The molecule has 0 saturated carbocycles. The van der Waals surface area contributed by atoms with E-state index >= 15 is 0 Å². The summed E-state index contributed by atoms with van der Waals surface area (Å²) in [7, 11) is 0. The normalized spacial score (nSPS) is 11.8. The Bertz CT molecular complexity index is 343. The number of aryl methyl sites for hydroxylation is 1. The van der Waals surface area contributed by atoms with Crippen LogP contribution in [0.4, 0.5) is 0 Å². The fraction of sp³-hybridized carbons (Fsp3) is 0.625. The maximum Gasteiger partial charge on any atom is 0.0101 e. The molecular formula is C16H25BrS. The lowest BCUT2D eigenvalue weighted by molar-refractivity contribution is 0.320. The maximum atomic E-state index is 3.75. The molecule has 0 radical (unpaired) electrons. The number of hydrogen-bond donors (Lipinski definition) is 0. The van der Waals surface area contributed by atoms with E-state index in [1.54, 1.807) is 0 Å². The van der Waals surface area contributed by atoms with Crippen molar-refractivity contribution in [2.45, 2.75) is 51.3 Å². The van der Waals surface area contributed by atoms with Crippen LogP contribution in [0, 0.1) is 12.3 Å². The van der Waals surface area contributed by atoms with Gasteiger partial charge in [-0.15, -0.1) is 11.8 Å². The molecule has 2 heteroatoms. The SMILES string of the molecule is CCCC(CBr)(CCC)CSc1ccccc1C. The van der Waals surface area contributed by atoms with Gasteiger partial charge in [0.05, 0.1) is 0 Å². The Morgan fingerprint density at radius 2 is 1.72 bits per heavy atom. The van der Waals surface area contributed by atoms with E-state index in [9.17, 15) is 0 Å². The van der Waals surface area contributed by atoms with E-state index < -0.39 is 0 Å². The molecule has 0 fully saturated rings. The summed E-state index contributed by atoms with van der Waals surface area (Å²) in [5, 5.41) is 1.13. The lowest BCUT2D eigenvalue weighted by Gasteiger charge is -2.31. The van der Waals surface area contributed by atoms with Gasteiger partial charge in [-0.3, -0.25) is 0 Å². The molecule has 0 aromatic heterocycles. The van der Waals surface area contributed by atoms with Gasteiger partial charge in [0.1, 0.15) is 0 Å². The van der Waals surface area contributed by atoms with Crippen LogP contribution < -0.4 is 0 Å². The molecule has 0 aliphatic heterocycles. The van der Waals surface area contributed by atoms with E-state index in [1.807, 2.05) is 11.8 Å². The topological polar surface area (TPSA) is 0 Å². The van der Waals surface area contributed by atoms with Crippen molar-refractivity contribution in [1.82, 2.24) is 0 Å². The third kappa shape index (κ3) is 4.62. The van der Waals surface area contributed by atoms with Gasteiger partial charge in [-0.25, -0.2) is 0 Å². The summed E-state index contributed by atoms with van der Waals surface area (Å²) in [5.41, 5.74) is 1.87. The van der Waals surface area contributed by atoms with Crippen LogP contribution in [0.5, 0.6) is 0 Å². The molecule has 0 spiro atoms. The minimum absolute atomic E-state index is 0.469. The molecule has 1 aromatic carbocycles. The highest BCUT2D eigenvalue weighted by Gasteiger charge is 2.27. The smallest absolute Gasteiger partial charge is 0.0101 e. The molecule has 0 heterocycles. The molecule has 0 N–H and O–H groups in total. The van der Waals surface area contributed by atoms with Crippen molar-refractivity contribution < 1.29 is 0 Å². The number of rotatable bonds is 8. The highest BCUT2D eigenvalue weighted by Crippen LogP contribution is 2.38. The molecule has 0 atom stereocenters. The van der Waals surface area contributed by atoms with E-state index in [2.05, 4.69) is 61.0 Å². The average Bonchev–Trinajstić information content (AvgIpc) is 2.38. The molecule has 18 heavy (non-hydrogen) atoms. The summed E-state index contributed by atoms with van der Waals surface area (Å²) >= 11 is 5.78. The van der Waals surface area contributed by atoms with Crippen molar-refractivity contribution in [3.8, 4) is 0 Å². The van der Waals surface area contributed by atoms with Gasteiger partial charge in [-0.1, -0.05) is 60.8 Å². The number of benzene rings is 1. The molecule has 102 valence electrons. The highest BCUT2D eigenvalue weighted by molar-refractivity contribution is 9.09. The van der Waals surface area contributed by atoms with Crippen molar-refractivity contribution in [3.63, 3.8) is 0 Å². The lowest BCUT2D eigenvalue weighted by Crippen LogP contribution is -2.25. The van der Waals surface area contributed by atoms with Crippen LogP contribution in [-0.4, -0.2) is 11.1 Å². The van der Waals surface area contributed by atoms with Crippen molar-refractivity contribution in [2.24, 2.45) is 5.41 Å². The highest BCUT2D eigenvalue weighted by atomic mass is 79.9. The Balaban J connectivity index is 2.69. The van der Waals surface area contributed by atoms with Gasteiger partial charge in [0, 0.05) is 16.0 Å². The Morgan fingerprint density at radius 1 is 1.11 bits per heavy atom. The van der Waals surface area contributed by atoms with E-state index in [0.29, 0.717) is 5.41 Å². The molecule has 0 bridgehead atoms. The fourth-order valence-electron chi connectivity index (χ4n) is 2.45. The van der Waals surface area contributed by atoms with Crippen LogP contribution in [0.2, 0.25) is 0 Å². The van der Waals surface area contributed by atoms with Crippen LogP contribution in [0.25, 0.3) is 0 Å². The Hall–Kier alpha value is 0.0500.